The highest BCUT2D eigenvalue weighted by Gasteiger charge is 2.40. The monoisotopic (exact) mass is 456 g/mol. The fraction of sp³-hybridized carbons (Fsp3) is 0.556. The number of hydrogen-bond donors (Lipinski definition) is 1. The average Bonchev–Trinajstić information content (AvgIpc) is 2.66. The second kappa shape index (κ2) is 10.0. The number of benzene rings is 1. The van der Waals surface area contributed by atoms with Gasteiger partial charge in [-0.05, 0) is 86.9 Å². The Balaban J connectivity index is 2.63. The molecule has 182 valence electrons. The summed E-state index contributed by atoms with van der Waals surface area (Å²) in [7, 11) is 0. The van der Waals surface area contributed by atoms with Gasteiger partial charge in [-0.15, -0.1) is 0 Å². The normalized spacial score (nSPS) is 15.3. The van der Waals surface area contributed by atoms with E-state index in [0.29, 0.717) is 22.5 Å². The minimum atomic E-state index is -0.663. The molecule has 1 N–H and O–H groups in total. The Labute approximate surface area is 199 Å². The van der Waals surface area contributed by atoms with Gasteiger partial charge in [0.1, 0.15) is 11.2 Å². The van der Waals surface area contributed by atoms with E-state index in [9.17, 15) is 9.59 Å². The van der Waals surface area contributed by atoms with E-state index in [1.807, 2.05) is 79.7 Å². The number of carbonyl (C=O) groups excluding carboxylic acids is 2. The molecule has 0 fully saturated rings. The molecule has 6 nitrogen and oxygen atoms in total. The second-order valence-corrected chi connectivity index (χ2v) is 10.4. The maximum absolute atomic E-state index is 13.3. The highest BCUT2D eigenvalue weighted by Crippen LogP contribution is 2.40. The molecule has 0 aliphatic carbocycles. The molecule has 1 aromatic carbocycles. The van der Waals surface area contributed by atoms with Crippen molar-refractivity contribution in [3.8, 4) is 0 Å². The number of ether oxygens (including phenoxy) is 2. The molecule has 0 amide bonds. The number of hydrogen-bond acceptors (Lipinski definition) is 6. The lowest BCUT2D eigenvalue weighted by Gasteiger charge is -2.33. The number of dihydropyridines is 1. The fourth-order valence-corrected chi connectivity index (χ4v) is 4.00. The molecule has 6 heteroatoms. The Hall–Kier alpha value is -2.76. The van der Waals surface area contributed by atoms with Crippen molar-refractivity contribution in [3.63, 3.8) is 0 Å². The maximum Gasteiger partial charge on any atom is 0.337 e. The molecule has 0 atom stereocenters. The molecule has 0 aromatic heterocycles. The zero-order chi connectivity index (χ0) is 25.1. The van der Waals surface area contributed by atoms with Gasteiger partial charge in [-0.25, -0.2) is 9.59 Å². The summed E-state index contributed by atoms with van der Waals surface area (Å²) in [5.74, 6) is -1.49. The highest BCUT2D eigenvalue weighted by atomic mass is 16.6. The van der Waals surface area contributed by atoms with Crippen molar-refractivity contribution in [1.29, 1.82) is 0 Å². The van der Waals surface area contributed by atoms with Crippen molar-refractivity contribution in [2.24, 2.45) is 0 Å². The SMILES string of the molecule is CCN(CC)c1ccc(C2C(C(=O)OC(C)(C)C)=C(C)NC(C)=C2C(=O)OC(C)(C)C)cc1. The first-order chi connectivity index (χ1) is 15.2. The van der Waals surface area contributed by atoms with Crippen molar-refractivity contribution < 1.29 is 19.1 Å². The Morgan fingerprint density at radius 1 is 0.818 bits per heavy atom. The minimum absolute atomic E-state index is 0.423. The Kier molecular flexibility index (Phi) is 8.04. The number of anilines is 1. The summed E-state index contributed by atoms with van der Waals surface area (Å²) in [6, 6.07) is 8.04. The first-order valence-corrected chi connectivity index (χ1v) is 11.7. The minimum Gasteiger partial charge on any atom is -0.457 e. The predicted molar refractivity (Wildman–Crippen MR) is 133 cm³/mol. The van der Waals surface area contributed by atoms with Crippen LogP contribution in [0.4, 0.5) is 5.69 Å². The number of nitrogens with one attached hydrogen (secondary N) is 1. The van der Waals surface area contributed by atoms with Crippen LogP contribution < -0.4 is 10.2 Å². The van der Waals surface area contributed by atoms with Gasteiger partial charge in [-0.1, -0.05) is 12.1 Å². The van der Waals surface area contributed by atoms with Crippen LogP contribution in [0.25, 0.3) is 0 Å². The largest absolute Gasteiger partial charge is 0.457 e. The second-order valence-electron chi connectivity index (χ2n) is 10.4. The van der Waals surface area contributed by atoms with E-state index in [4.69, 9.17) is 9.47 Å². The van der Waals surface area contributed by atoms with Gasteiger partial charge in [0.15, 0.2) is 0 Å². The lowest BCUT2D eigenvalue weighted by molar-refractivity contribution is -0.150. The summed E-state index contributed by atoms with van der Waals surface area (Å²) in [6.45, 7) is 20.7. The van der Waals surface area contributed by atoms with Gasteiger partial charge >= 0.3 is 11.9 Å². The fourth-order valence-electron chi connectivity index (χ4n) is 4.00. The molecule has 0 saturated carbocycles. The van der Waals surface area contributed by atoms with Gasteiger partial charge in [-0.2, -0.15) is 0 Å². The van der Waals surface area contributed by atoms with Crippen molar-refractivity contribution in [2.75, 3.05) is 18.0 Å². The molecule has 0 saturated heterocycles. The smallest absolute Gasteiger partial charge is 0.337 e. The zero-order valence-electron chi connectivity index (χ0n) is 21.9. The molecule has 1 aliphatic rings. The first kappa shape index (κ1) is 26.5. The van der Waals surface area contributed by atoms with Crippen LogP contribution in [0.15, 0.2) is 46.8 Å². The molecule has 1 aliphatic heterocycles. The van der Waals surface area contributed by atoms with Crippen LogP contribution in [0, 0.1) is 0 Å². The zero-order valence-corrected chi connectivity index (χ0v) is 21.9. The number of esters is 2. The van der Waals surface area contributed by atoms with Crippen molar-refractivity contribution >= 4 is 17.6 Å². The van der Waals surface area contributed by atoms with Crippen LogP contribution in [0.5, 0.6) is 0 Å². The molecular formula is C27H40N2O4. The van der Waals surface area contributed by atoms with Gasteiger partial charge in [-0.3, -0.25) is 0 Å². The van der Waals surface area contributed by atoms with E-state index in [1.165, 1.54) is 0 Å². The first-order valence-electron chi connectivity index (χ1n) is 11.7. The van der Waals surface area contributed by atoms with Crippen LogP contribution in [0.2, 0.25) is 0 Å². The number of rotatable bonds is 6. The van der Waals surface area contributed by atoms with E-state index in [1.54, 1.807) is 0 Å². The number of carbonyl (C=O) groups is 2. The number of nitrogens with zero attached hydrogens (tertiary/aromatic N) is 1. The Morgan fingerprint density at radius 3 is 1.55 bits per heavy atom. The van der Waals surface area contributed by atoms with Crippen molar-refractivity contribution in [3.05, 3.63) is 52.4 Å². The van der Waals surface area contributed by atoms with Crippen molar-refractivity contribution in [2.45, 2.75) is 86.4 Å². The topological polar surface area (TPSA) is 67.9 Å². The standard InChI is InChI=1S/C27H40N2O4/c1-11-29(12-2)20-15-13-19(14-16-20)23-21(24(30)32-26(5,6)7)17(3)28-18(4)22(23)25(31)33-27(8,9)10/h13-16,23,28H,11-12H2,1-10H3. The molecule has 0 bridgehead atoms. The Bertz CT molecular complexity index is 890. The van der Waals surface area contributed by atoms with E-state index in [0.717, 1.165) is 24.3 Å². The van der Waals surface area contributed by atoms with Gasteiger partial charge in [0, 0.05) is 30.2 Å². The third-order valence-electron chi connectivity index (χ3n) is 5.35. The highest BCUT2D eigenvalue weighted by molar-refractivity contribution is 6.00. The van der Waals surface area contributed by atoms with Crippen LogP contribution in [-0.2, 0) is 19.1 Å². The molecule has 1 aromatic rings. The lowest BCUT2D eigenvalue weighted by atomic mass is 9.80. The molecule has 2 rings (SSSR count). The van der Waals surface area contributed by atoms with E-state index in [2.05, 4.69) is 24.1 Å². The summed E-state index contributed by atoms with van der Waals surface area (Å²) in [5, 5.41) is 3.21. The maximum atomic E-state index is 13.3. The third kappa shape index (κ3) is 6.62. The van der Waals surface area contributed by atoms with Crippen LogP contribution in [0.1, 0.15) is 80.7 Å². The van der Waals surface area contributed by atoms with Gasteiger partial charge in [0.2, 0.25) is 0 Å². The molecule has 1 heterocycles. The van der Waals surface area contributed by atoms with Crippen LogP contribution in [-0.4, -0.2) is 36.2 Å². The lowest BCUT2D eigenvalue weighted by Crippen LogP contribution is -2.36. The quantitative estimate of drug-likeness (QED) is 0.574. The van der Waals surface area contributed by atoms with Gasteiger partial charge in [0.05, 0.1) is 17.1 Å². The van der Waals surface area contributed by atoms with Crippen LogP contribution >= 0.6 is 0 Å². The van der Waals surface area contributed by atoms with Gasteiger partial charge in [0.25, 0.3) is 0 Å². The molecule has 0 radical (unpaired) electrons. The molecule has 0 spiro atoms. The predicted octanol–water partition coefficient (Wildman–Crippen LogP) is 5.45. The van der Waals surface area contributed by atoms with Gasteiger partial charge < -0.3 is 19.7 Å². The third-order valence-corrected chi connectivity index (χ3v) is 5.35. The summed E-state index contributed by atoms with van der Waals surface area (Å²) < 4.78 is 11.5. The molecular weight excluding hydrogens is 416 g/mol. The summed E-state index contributed by atoms with van der Waals surface area (Å²) in [6.07, 6.45) is 0. The molecule has 33 heavy (non-hydrogen) atoms. The number of allylic oxidation sites excluding steroid dienone is 2. The van der Waals surface area contributed by atoms with Crippen LogP contribution in [0.3, 0.4) is 0 Å². The Morgan fingerprint density at radius 2 is 1.21 bits per heavy atom. The molecule has 0 unspecified atom stereocenters. The van der Waals surface area contributed by atoms with Crippen molar-refractivity contribution in [1.82, 2.24) is 5.32 Å². The summed E-state index contributed by atoms with van der Waals surface area (Å²) in [4.78, 5) is 28.9. The van der Waals surface area contributed by atoms with E-state index >= 15 is 0 Å². The van der Waals surface area contributed by atoms with E-state index < -0.39 is 29.1 Å². The summed E-state index contributed by atoms with van der Waals surface area (Å²) >= 11 is 0. The summed E-state index contributed by atoms with van der Waals surface area (Å²) in [5.41, 5.74) is 2.80. The average molecular weight is 457 g/mol. The van der Waals surface area contributed by atoms with E-state index in [-0.39, 0.29) is 0 Å².